The number of phenolic OH excluding ortho intramolecular Hbond substituents is 1. The molecule has 9 heteroatoms. The molecule has 0 saturated heterocycles. The molecule has 4 N–H and O–H groups in total. The summed E-state index contributed by atoms with van der Waals surface area (Å²) in [6.45, 7) is 9.17. The minimum Gasteiger partial charge on any atom is -0.508 e. The van der Waals surface area contributed by atoms with Crippen LogP contribution in [0.25, 0.3) is 0 Å². The molecule has 4 aliphatic rings. The molecule has 4 aliphatic carbocycles. The van der Waals surface area contributed by atoms with Crippen molar-refractivity contribution in [2.75, 3.05) is 6.61 Å². The van der Waals surface area contributed by atoms with Crippen molar-refractivity contribution in [3.05, 3.63) is 24.3 Å². The van der Waals surface area contributed by atoms with Gasteiger partial charge in [0.1, 0.15) is 5.75 Å². The van der Waals surface area contributed by atoms with Crippen molar-refractivity contribution in [2.24, 2.45) is 52.3 Å². The van der Waals surface area contributed by atoms with Crippen LogP contribution < -0.4 is 4.72 Å². The summed E-state index contributed by atoms with van der Waals surface area (Å²) in [5.74, 6) is 1.81. The van der Waals surface area contributed by atoms with Crippen molar-refractivity contribution in [2.45, 2.75) is 96.2 Å². The Kier molecular flexibility index (Phi) is 7.98. The van der Waals surface area contributed by atoms with Gasteiger partial charge >= 0.3 is 6.09 Å². The SMILES string of the molecule is CC[C@@H]1C2C[C@H](O)CC[C@@]2(C)[C@H]2CCC3(C)[C@@H]([C@H](C)COC(=O)NS(=O)(=O)c4cccc(O)c4)CC[C@H]3C2[C@@H]1O. The van der Waals surface area contributed by atoms with E-state index in [1.54, 1.807) is 0 Å². The molecule has 3 unspecified atom stereocenters. The van der Waals surface area contributed by atoms with Crippen LogP contribution in [0.3, 0.4) is 0 Å². The van der Waals surface area contributed by atoms with E-state index in [2.05, 4.69) is 27.7 Å². The maximum Gasteiger partial charge on any atom is 0.421 e. The zero-order chi connectivity index (χ0) is 29.0. The zero-order valence-electron chi connectivity index (χ0n) is 24.3. The molecule has 4 saturated carbocycles. The predicted molar refractivity (Wildman–Crippen MR) is 151 cm³/mol. The maximum atomic E-state index is 12.5. The van der Waals surface area contributed by atoms with Crippen LogP contribution in [0.5, 0.6) is 5.75 Å². The Morgan fingerprint density at radius 3 is 2.48 bits per heavy atom. The lowest BCUT2D eigenvalue weighted by atomic mass is 9.41. The molecule has 1 aromatic rings. The second-order valence-corrected chi connectivity index (χ2v) is 15.5. The maximum absolute atomic E-state index is 12.5. The summed E-state index contributed by atoms with van der Waals surface area (Å²) in [6.07, 6.45) is 6.16. The Labute approximate surface area is 239 Å². The molecule has 224 valence electrons. The predicted octanol–water partition coefficient (Wildman–Crippen LogP) is 5.07. The van der Waals surface area contributed by atoms with Gasteiger partial charge in [-0.1, -0.05) is 40.2 Å². The van der Waals surface area contributed by atoms with Crippen LogP contribution in [0.1, 0.15) is 79.1 Å². The molecule has 40 heavy (non-hydrogen) atoms. The van der Waals surface area contributed by atoms with Crippen molar-refractivity contribution in [3.63, 3.8) is 0 Å². The highest BCUT2D eigenvalue weighted by Gasteiger charge is 2.64. The quantitative estimate of drug-likeness (QED) is 0.371. The average Bonchev–Trinajstić information content (AvgIpc) is 3.25. The van der Waals surface area contributed by atoms with E-state index in [1.165, 1.54) is 18.2 Å². The minimum absolute atomic E-state index is 0.0186. The largest absolute Gasteiger partial charge is 0.508 e. The summed E-state index contributed by atoms with van der Waals surface area (Å²) < 4.78 is 32.4. The highest BCUT2D eigenvalue weighted by atomic mass is 32.2. The number of aliphatic hydroxyl groups excluding tert-OH is 2. The topological polar surface area (TPSA) is 133 Å². The fourth-order valence-corrected chi connectivity index (χ4v) is 11.0. The first-order chi connectivity index (χ1) is 18.8. The number of phenols is 1. The van der Waals surface area contributed by atoms with E-state index in [9.17, 15) is 28.5 Å². The van der Waals surface area contributed by atoms with Crippen LogP contribution in [0.15, 0.2) is 29.2 Å². The number of aliphatic hydroxyl groups is 2. The highest BCUT2D eigenvalue weighted by molar-refractivity contribution is 7.90. The first kappa shape index (κ1) is 29.6. The summed E-state index contributed by atoms with van der Waals surface area (Å²) in [6, 6.07) is 5.13. The van der Waals surface area contributed by atoms with Gasteiger partial charge in [-0.15, -0.1) is 0 Å². The lowest BCUT2D eigenvalue weighted by Crippen LogP contribution is -2.62. The number of ether oxygens (including phenoxy) is 1. The van der Waals surface area contributed by atoms with Crippen molar-refractivity contribution >= 4 is 16.1 Å². The molecule has 1 aromatic carbocycles. The number of rotatable bonds is 6. The van der Waals surface area contributed by atoms with Crippen molar-refractivity contribution in [3.8, 4) is 5.75 Å². The number of sulfonamides is 1. The second kappa shape index (κ2) is 10.8. The van der Waals surface area contributed by atoms with Gasteiger partial charge in [0.05, 0.1) is 23.7 Å². The molecule has 4 fully saturated rings. The highest BCUT2D eigenvalue weighted by Crippen LogP contribution is 2.69. The molecule has 0 spiro atoms. The van der Waals surface area contributed by atoms with Gasteiger partial charge in [0.15, 0.2) is 0 Å². The van der Waals surface area contributed by atoms with Gasteiger partial charge in [-0.3, -0.25) is 0 Å². The zero-order valence-corrected chi connectivity index (χ0v) is 25.1. The number of carbonyl (C=O) groups is 1. The number of amides is 1. The monoisotopic (exact) mass is 577 g/mol. The Morgan fingerprint density at radius 2 is 1.77 bits per heavy atom. The molecule has 0 aromatic heterocycles. The number of aromatic hydroxyl groups is 1. The number of benzene rings is 1. The fraction of sp³-hybridized carbons (Fsp3) is 0.774. The van der Waals surface area contributed by atoms with Crippen LogP contribution >= 0.6 is 0 Å². The number of carbonyl (C=O) groups excluding carboxylic acids is 1. The number of fused-ring (bicyclic) bond motifs is 5. The van der Waals surface area contributed by atoms with Gasteiger partial charge in [-0.05, 0) is 109 Å². The third-order valence-electron chi connectivity index (χ3n) is 12.0. The first-order valence-corrected chi connectivity index (χ1v) is 16.6. The Hall–Kier alpha value is -1.84. The molecule has 8 nitrogen and oxygen atoms in total. The average molecular weight is 578 g/mol. The standard InChI is InChI=1S/C31H47NO7S/c1-5-22-26-16-20(34)11-13-31(26,4)25-12-14-30(3)23(9-10-24(30)27(25)28(22)35)18(2)17-39-29(36)32-40(37,38)21-8-6-7-19(33)15-21/h6-8,15,18,20,22-28,33-35H,5,9-14,16-17H2,1-4H3,(H,32,36)/t18-,20-,22-,23-,24+,25+,26?,27?,28-,30?,31+/m1/s1. The van der Waals surface area contributed by atoms with E-state index in [0.717, 1.165) is 57.4 Å². The van der Waals surface area contributed by atoms with E-state index >= 15 is 0 Å². The van der Waals surface area contributed by atoms with E-state index < -0.39 is 16.1 Å². The van der Waals surface area contributed by atoms with Gasteiger partial charge < -0.3 is 20.1 Å². The van der Waals surface area contributed by atoms with E-state index in [1.807, 2.05) is 4.72 Å². The Morgan fingerprint density at radius 1 is 1.07 bits per heavy atom. The lowest BCUT2D eigenvalue weighted by Gasteiger charge is -2.64. The number of hydrogen-bond acceptors (Lipinski definition) is 7. The molecule has 0 heterocycles. The van der Waals surface area contributed by atoms with Gasteiger partial charge in [0, 0.05) is 6.07 Å². The minimum atomic E-state index is -4.15. The second-order valence-electron chi connectivity index (χ2n) is 13.8. The Balaban J connectivity index is 1.27. The van der Waals surface area contributed by atoms with E-state index in [0.29, 0.717) is 23.7 Å². The van der Waals surface area contributed by atoms with Crippen molar-refractivity contribution < 1.29 is 33.3 Å². The van der Waals surface area contributed by atoms with Crippen LogP contribution in [0.2, 0.25) is 0 Å². The fourth-order valence-electron chi connectivity index (χ4n) is 10.1. The number of hydrogen-bond donors (Lipinski definition) is 4. The van der Waals surface area contributed by atoms with Crippen molar-refractivity contribution in [1.29, 1.82) is 0 Å². The molecular weight excluding hydrogens is 530 g/mol. The summed E-state index contributed by atoms with van der Waals surface area (Å²) in [7, 11) is -4.15. The molecule has 0 radical (unpaired) electrons. The van der Waals surface area contributed by atoms with Crippen LogP contribution in [0, 0.1) is 52.3 Å². The van der Waals surface area contributed by atoms with Crippen LogP contribution in [-0.2, 0) is 14.8 Å². The molecule has 1 amide bonds. The van der Waals surface area contributed by atoms with Crippen LogP contribution in [-0.4, -0.2) is 48.6 Å². The summed E-state index contributed by atoms with van der Waals surface area (Å²) in [4.78, 5) is 12.3. The number of nitrogens with one attached hydrogen (secondary N) is 1. The van der Waals surface area contributed by atoms with Gasteiger partial charge in [-0.25, -0.2) is 17.9 Å². The van der Waals surface area contributed by atoms with E-state index in [4.69, 9.17) is 4.74 Å². The summed E-state index contributed by atoms with van der Waals surface area (Å²) in [5.41, 5.74) is 0.168. The molecule has 0 bridgehead atoms. The third-order valence-corrected chi connectivity index (χ3v) is 13.3. The molecule has 5 rings (SSSR count). The normalized spacial score (nSPS) is 41.8. The van der Waals surface area contributed by atoms with Gasteiger partial charge in [-0.2, -0.15) is 0 Å². The van der Waals surface area contributed by atoms with Gasteiger partial charge in [0.2, 0.25) is 0 Å². The first-order valence-electron chi connectivity index (χ1n) is 15.2. The van der Waals surface area contributed by atoms with Crippen molar-refractivity contribution in [1.82, 2.24) is 4.72 Å². The molecular formula is C31H47NO7S. The molecule has 11 atom stereocenters. The smallest absolute Gasteiger partial charge is 0.421 e. The van der Waals surface area contributed by atoms with Gasteiger partial charge in [0.25, 0.3) is 10.0 Å². The summed E-state index contributed by atoms with van der Waals surface area (Å²) in [5, 5.41) is 31.9. The lowest BCUT2D eigenvalue weighted by molar-refractivity contribution is -0.203. The van der Waals surface area contributed by atoms with E-state index in [-0.39, 0.29) is 58.0 Å². The summed E-state index contributed by atoms with van der Waals surface area (Å²) >= 11 is 0. The molecule has 0 aliphatic heterocycles. The Bertz CT molecular complexity index is 1210. The van der Waals surface area contributed by atoms with Crippen LogP contribution in [0.4, 0.5) is 4.79 Å². The third kappa shape index (κ3) is 4.94.